The first-order valence-corrected chi connectivity index (χ1v) is 6.83. The van der Waals surface area contributed by atoms with Gasteiger partial charge in [-0.15, -0.1) is 0 Å². The summed E-state index contributed by atoms with van der Waals surface area (Å²) in [5.74, 6) is -0.996. The Morgan fingerprint density at radius 3 is 2.40 bits per heavy atom. The van der Waals surface area contributed by atoms with Crippen molar-refractivity contribution in [2.75, 3.05) is 7.11 Å². The Hall–Kier alpha value is -1.56. The van der Waals surface area contributed by atoms with Gasteiger partial charge in [0.15, 0.2) is 0 Å². The monoisotopic (exact) mass is 343 g/mol. The highest BCUT2D eigenvalue weighted by Gasteiger charge is 2.33. The van der Waals surface area contributed by atoms with E-state index >= 15 is 0 Å². The molecule has 2 N–H and O–H groups in total. The van der Waals surface area contributed by atoms with Crippen LogP contribution in [0.5, 0.6) is 5.75 Å². The summed E-state index contributed by atoms with van der Waals surface area (Å²) in [6.45, 7) is 5.27. The lowest BCUT2D eigenvalue weighted by Gasteiger charge is -2.27. The number of halogens is 1. The first-order valence-electron chi connectivity index (χ1n) is 6.04. The summed E-state index contributed by atoms with van der Waals surface area (Å²) < 4.78 is 5.64. The van der Waals surface area contributed by atoms with Gasteiger partial charge in [0, 0.05) is 4.47 Å². The van der Waals surface area contributed by atoms with Crippen molar-refractivity contribution >= 4 is 27.8 Å². The highest BCUT2D eigenvalue weighted by Crippen LogP contribution is 2.24. The molecule has 0 heterocycles. The Labute approximate surface area is 126 Å². The van der Waals surface area contributed by atoms with Gasteiger partial charge in [-0.3, -0.25) is 4.79 Å². The van der Waals surface area contributed by atoms with Gasteiger partial charge in [-0.25, -0.2) is 4.79 Å². The maximum atomic E-state index is 12.2. The van der Waals surface area contributed by atoms with Gasteiger partial charge >= 0.3 is 5.97 Å². The van der Waals surface area contributed by atoms with E-state index in [-0.39, 0.29) is 0 Å². The second-order valence-electron chi connectivity index (χ2n) is 5.46. The Kier molecular flexibility index (Phi) is 5.16. The largest absolute Gasteiger partial charge is 0.497 e. The fourth-order valence-corrected chi connectivity index (χ4v) is 2.09. The molecule has 0 aliphatic carbocycles. The van der Waals surface area contributed by atoms with Gasteiger partial charge in [-0.05, 0) is 39.5 Å². The van der Waals surface area contributed by atoms with Crippen LogP contribution in [0.15, 0.2) is 22.7 Å². The first kappa shape index (κ1) is 16.5. The van der Waals surface area contributed by atoms with Gasteiger partial charge in [0.05, 0.1) is 12.7 Å². The summed E-state index contributed by atoms with van der Waals surface area (Å²) in [5.41, 5.74) is -0.257. The predicted molar refractivity (Wildman–Crippen MR) is 79.0 cm³/mol. The van der Waals surface area contributed by atoms with Crippen molar-refractivity contribution in [3.05, 3.63) is 28.2 Å². The molecule has 0 aromatic heterocycles. The molecule has 1 atom stereocenters. The topological polar surface area (TPSA) is 75.6 Å². The molecule has 0 radical (unpaired) electrons. The van der Waals surface area contributed by atoms with E-state index in [1.807, 2.05) is 0 Å². The van der Waals surface area contributed by atoms with Crippen LogP contribution < -0.4 is 10.1 Å². The molecule has 0 aliphatic heterocycles. The molecule has 0 bridgehead atoms. The van der Waals surface area contributed by atoms with Gasteiger partial charge < -0.3 is 15.2 Å². The number of carboxylic acid groups (broad SMARTS) is 1. The third-order valence-corrected chi connectivity index (χ3v) is 3.50. The minimum Gasteiger partial charge on any atom is -0.497 e. The lowest BCUT2D eigenvalue weighted by atomic mass is 9.86. The van der Waals surface area contributed by atoms with Crippen molar-refractivity contribution in [3.63, 3.8) is 0 Å². The minimum atomic E-state index is -1.06. The second-order valence-corrected chi connectivity index (χ2v) is 6.31. The lowest BCUT2D eigenvalue weighted by Crippen LogP contribution is -2.49. The quantitative estimate of drug-likeness (QED) is 0.881. The summed E-state index contributed by atoms with van der Waals surface area (Å²) >= 11 is 3.27. The van der Waals surface area contributed by atoms with Crippen LogP contribution in [0.25, 0.3) is 0 Å². The van der Waals surface area contributed by atoms with Crippen molar-refractivity contribution in [1.82, 2.24) is 5.32 Å². The van der Waals surface area contributed by atoms with E-state index in [1.54, 1.807) is 39.0 Å². The number of carbonyl (C=O) groups excluding carboxylic acids is 1. The molecule has 0 saturated heterocycles. The zero-order valence-corrected chi connectivity index (χ0v) is 13.4. The highest BCUT2D eigenvalue weighted by atomic mass is 79.9. The molecule has 5 nitrogen and oxygen atoms in total. The van der Waals surface area contributed by atoms with Crippen LogP contribution in [-0.4, -0.2) is 30.1 Å². The number of benzene rings is 1. The van der Waals surface area contributed by atoms with Crippen molar-refractivity contribution < 1.29 is 19.4 Å². The fraction of sp³-hybridized carbons (Fsp3) is 0.429. The van der Waals surface area contributed by atoms with Gasteiger partial charge in [0.2, 0.25) is 0 Å². The number of rotatable bonds is 4. The smallest absolute Gasteiger partial charge is 0.326 e. The molecule has 1 aromatic rings. The van der Waals surface area contributed by atoms with Crippen molar-refractivity contribution in [3.8, 4) is 5.75 Å². The summed E-state index contributed by atoms with van der Waals surface area (Å²) in [7, 11) is 1.50. The lowest BCUT2D eigenvalue weighted by molar-refractivity contribution is -0.142. The number of aliphatic carboxylic acids is 1. The van der Waals surface area contributed by atoms with Crippen molar-refractivity contribution in [2.24, 2.45) is 5.41 Å². The maximum absolute atomic E-state index is 12.2. The fourth-order valence-electron chi connectivity index (χ4n) is 1.66. The normalized spacial score (nSPS) is 12.7. The summed E-state index contributed by atoms with van der Waals surface area (Å²) in [6.07, 6.45) is 0. The number of hydrogen-bond donors (Lipinski definition) is 2. The van der Waals surface area contributed by atoms with Gasteiger partial charge in [-0.1, -0.05) is 20.8 Å². The molecule has 110 valence electrons. The first-order chi connectivity index (χ1) is 9.16. The van der Waals surface area contributed by atoms with E-state index in [9.17, 15) is 14.7 Å². The van der Waals surface area contributed by atoms with Crippen LogP contribution in [-0.2, 0) is 4.79 Å². The predicted octanol–water partition coefficient (Wildman–Crippen LogP) is 2.69. The van der Waals surface area contributed by atoms with E-state index in [0.29, 0.717) is 15.8 Å². The molecule has 0 saturated carbocycles. The van der Waals surface area contributed by atoms with Crippen LogP contribution in [0, 0.1) is 5.41 Å². The van der Waals surface area contributed by atoms with E-state index in [4.69, 9.17) is 4.74 Å². The third kappa shape index (κ3) is 3.96. The average Bonchev–Trinajstić information content (AvgIpc) is 2.34. The number of amides is 1. The molecule has 6 heteroatoms. The van der Waals surface area contributed by atoms with Crippen molar-refractivity contribution in [1.29, 1.82) is 0 Å². The van der Waals surface area contributed by atoms with Gasteiger partial charge in [0.25, 0.3) is 5.91 Å². The molecule has 1 unspecified atom stereocenters. The van der Waals surface area contributed by atoms with Gasteiger partial charge in [-0.2, -0.15) is 0 Å². The molecule has 1 aromatic carbocycles. The van der Waals surface area contributed by atoms with Crippen LogP contribution >= 0.6 is 15.9 Å². The minimum absolute atomic E-state index is 0.333. The standard InChI is InChI=1S/C14H18BrNO4/c1-14(2,3)11(13(18)19)16-12(17)9-7-8(20-4)5-6-10(9)15/h5-7,11H,1-4H3,(H,16,17)(H,18,19). The highest BCUT2D eigenvalue weighted by molar-refractivity contribution is 9.10. The molecule has 1 amide bonds. The van der Waals surface area contributed by atoms with Crippen LogP contribution in [0.3, 0.4) is 0 Å². The number of methoxy groups -OCH3 is 1. The number of ether oxygens (including phenoxy) is 1. The van der Waals surface area contributed by atoms with Crippen LogP contribution in [0.4, 0.5) is 0 Å². The number of nitrogens with one attached hydrogen (secondary N) is 1. The summed E-state index contributed by atoms with van der Waals surface area (Å²) in [6, 6.07) is 3.97. The molecule has 0 fully saturated rings. The zero-order valence-electron chi connectivity index (χ0n) is 11.9. The van der Waals surface area contributed by atoms with E-state index in [2.05, 4.69) is 21.2 Å². The SMILES string of the molecule is COc1ccc(Br)c(C(=O)NC(C(=O)O)C(C)(C)C)c1. The van der Waals surface area contributed by atoms with Crippen LogP contribution in [0.1, 0.15) is 31.1 Å². The number of carbonyl (C=O) groups is 2. The van der Waals surface area contributed by atoms with E-state index < -0.39 is 23.3 Å². The third-order valence-electron chi connectivity index (χ3n) is 2.81. The molecule has 0 spiro atoms. The van der Waals surface area contributed by atoms with Crippen LogP contribution in [0.2, 0.25) is 0 Å². The molecular formula is C14H18BrNO4. The summed E-state index contributed by atoms with van der Waals surface area (Å²) in [5, 5.41) is 11.8. The zero-order chi connectivity index (χ0) is 15.5. The molecule has 20 heavy (non-hydrogen) atoms. The Bertz CT molecular complexity index is 522. The molecular weight excluding hydrogens is 326 g/mol. The van der Waals surface area contributed by atoms with E-state index in [0.717, 1.165) is 0 Å². The Morgan fingerprint density at radius 1 is 1.35 bits per heavy atom. The average molecular weight is 344 g/mol. The molecule has 1 rings (SSSR count). The van der Waals surface area contributed by atoms with Crippen molar-refractivity contribution in [2.45, 2.75) is 26.8 Å². The molecule has 0 aliphatic rings. The maximum Gasteiger partial charge on any atom is 0.326 e. The Morgan fingerprint density at radius 2 is 1.95 bits per heavy atom. The van der Waals surface area contributed by atoms with E-state index in [1.165, 1.54) is 7.11 Å². The van der Waals surface area contributed by atoms with Gasteiger partial charge in [0.1, 0.15) is 11.8 Å². The number of hydrogen-bond acceptors (Lipinski definition) is 3. The second kappa shape index (κ2) is 6.26. The Balaban J connectivity index is 3.03. The summed E-state index contributed by atoms with van der Waals surface area (Å²) in [4.78, 5) is 23.5. The number of carboxylic acids is 1.